The third kappa shape index (κ3) is 6.09. The van der Waals surface area contributed by atoms with E-state index in [4.69, 9.17) is 4.74 Å². The maximum Gasteiger partial charge on any atom is 0.340 e. The second-order valence-corrected chi connectivity index (χ2v) is 8.38. The molecule has 2 N–H and O–H groups in total. The first-order valence-corrected chi connectivity index (χ1v) is 10.6. The summed E-state index contributed by atoms with van der Waals surface area (Å²) in [5.74, 6) is -1.24. The fraction of sp³-hybridized carbons (Fsp3) is 0.300. The average molecular weight is 404 g/mol. The number of carbonyl (C=O) groups is 2. The molecule has 0 aliphatic rings. The van der Waals surface area contributed by atoms with Crippen LogP contribution in [0.25, 0.3) is 0 Å². The summed E-state index contributed by atoms with van der Waals surface area (Å²) in [6.45, 7) is 5.38. The Morgan fingerprint density at radius 3 is 2.39 bits per heavy atom. The van der Waals surface area contributed by atoms with Crippen molar-refractivity contribution in [1.29, 1.82) is 0 Å². The summed E-state index contributed by atoms with van der Waals surface area (Å²) < 4.78 is 30.1. The van der Waals surface area contributed by atoms with Gasteiger partial charge in [0.1, 0.15) is 0 Å². The number of nitrogens with one attached hydrogen (secondary N) is 2. The van der Waals surface area contributed by atoms with Crippen LogP contribution in [0.3, 0.4) is 0 Å². The van der Waals surface area contributed by atoms with Crippen LogP contribution < -0.4 is 10.0 Å². The first kappa shape index (κ1) is 21.4. The van der Waals surface area contributed by atoms with Gasteiger partial charge in [-0.05, 0) is 49.6 Å². The van der Waals surface area contributed by atoms with Gasteiger partial charge in [0.2, 0.25) is 10.0 Å². The highest BCUT2D eigenvalue weighted by atomic mass is 32.2. The van der Waals surface area contributed by atoms with Crippen LogP contribution in [0.2, 0.25) is 0 Å². The van der Waals surface area contributed by atoms with Crippen LogP contribution in [0, 0.1) is 13.8 Å². The highest BCUT2D eigenvalue weighted by molar-refractivity contribution is 7.92. The van der Waals surface area contributed by atoms with Gasteiger partial charge in [-0.1, -0.05) is 30.3 Å². The molecule has 150 valence electrons. The van der Waals surface area contributed by atoms with Crippen molar-refractivity contribution in [3.8, 4) is 0 Å². The van der Waals surface area contributed by atoms with Crippen molar-refractivity contribution >= 4 is 27.6 Å². The lowest BCUT2D eigenvalue weighted by Crippen LogP contribution is -2.31. The number of amides is 1. The van der Waals surface area contributed by atoms with E-state index in [0.29, 0.717) is 0 Å². The summed E-state index contributed by atoms with van der Waals surface area (Å²) in [7, 11) is -3.55. The average Bonchev–Trinajstić information content (AvgIpc) is 2.61. The van der Waals surface area contributed by atoms with Crippen molar-refractivity contribution in [3.05, 3.63) is 64.7 Å². The molecule has 0 heterocycles. The van der Waals surface area contributed by atoms with Crippen molar-refractivity contribution in [1.82, 2.24) is 5.32 Å². The number of esters is 1. The molecule has 0 unspecified atom stereocenters. The summed E-state index contributed by atoms with van der Waals surface area (Å²) in [5, 5.41) is 2.77. The lowest BCUT2D eigenvalue weighted by molar-refractivity contribution is -0.124. The second kappa shape index (κ2) is 8.88. The molecule has 0 aliphatic heterocycles. The van der Waals surface area contributed by atoms with E-state index in [9.17, 15) is 18.0 Å². The van der Waals surface area contributed by atoms with Gasteiger partial charge in [-0.2, -0.15) is 0 Å². The van der Waals surface area contributed by atoms with Crippen LogP contribution >= 0.6 is 0 Å². The van der Waals surface area contributed by atoms with Crippen molar-refractivity contribution in [3.63, 3.8) is 0 Å². The normalized spacial score (nSPS) is 12.1. The lowest BCUT2D eigenvalue weighted by atomic mass is 10.0. The Hall–Kier alpha value is -2.87. The standard InChI is InChI=1S/C20H24N2O5S/c1-13-9-10-16(11-14(13)2)15(3)21-19(23)12-27-20(24)17-7-5-6-8-18(17)22-28(4,25)26/h5-11,15,22H,12H2,1-4H3,(H,21,23)/t15-/m1/s1. The quantitative estimate of drug-likeness (QED) is 0.691. The van der Waals surface area contributed by atoms with Crippen molar-refractivity contribution in [2.75, 3.05) is 17.6 Å². The molecule has 1 amide bonds. The summed E-state index contributed by atoms with van der Waals surface area (Å²) in [6, 6.07) is 11.7. The van der Waals surface area contributed by atoms with Crippen LogP contribution in [-0.4, -0.2) is 33.2 Å². The van der Waals surface area contributed by atoms with Crippen LogP contribution in [-0.2, 0) is 19.6 Å². The molecule has 0 saturated heterocycles. The van der Waals surface area contributed by atoms with Crippen LogP contribution in [0.5, 0.6) is 0 Å². The van der Waals surface area contributed by atoms with E-state index < -0.39 is 28.5 Å². The van der Waals surface area contributed by atoms with Gasteiger partial charge in [0.25, 0.3) is 5.91 Å². The molecule has 8 heteroatoms. The molecule has 2 aromatic carbocycles. The van der Waals surface area contributed by atoms with E-state index in [1.54, 1.807) is 12.1 Å². The molecule has 0 spiro atoms. The van der Waals surface area contributed by atoms with E-state index >= 15 is 0 Å². The van der Waals surface area contributed by atoms with Crippen LogP contribution in [0.4, 0.5) is 5.69 Å². The molecule has 2 aromatic rings. The number of rotatable bonds is 7. The molecule has 1 atom stereocenters. The van der Waals surface area contributed by atoms with Gasteiger partial charge in [0.05, 0.1) is 23.5 Å². The van der Waals surface area contributed by atoms with Gasteiger partial charge in [-0.25, -0.2) is 13.2 Å². The van der Waals surface area contributed by atoms with Gasteiger partial charge >= 0.3 is 5.97 Å². The van der Waals surface area contributed by atoms with E-state index in [2.05, 4.69) is 10.0 Å². The van der Waals surface area contributed by atoms with Gasteiger partial charge in [0.15, 0.2) is 6.61 Å². The largest absolute Gasteiger partial charge is 0.452 e. The van der Waals surface area contributed by atoms with E-state index in [1.165, 1.54) is 12.1 Å². The monoisotopic (exact) mass is 404 g/mol. The number of aryl methyl sites for hydroxylation is 2. The fourth-order valence-electron chi connectivity index (χ4n) is 2.56. The third-order valence-electron chi connectivity index (χ3n) is 4.19. The Morgan fingerprint density at radius 1 is 1.07 bits per heavy atom. The van der Waals surface area contributed by atoms with Gasteiger partial charge in [-0.3, -0.25) is 9.52 Å². The summed E-state index contributed by atoms with van der Waals surface area (Å²) >= 11 is 0. The van der Waals surface area contributed by atoms with E-state index in [0.717, 1.165) is 22.9 Å². The molecule has 0 aromatic heterocycles. The zero-order valence-corrected chi connectivity index (χ0v) is 17.1. The molecular formula is C20H24N2O5S. The minimum atomic E-state index is -3.55. The van der Waals surface area contributed by atoms with Gasteiger partial charge < -0.3 is 10.1 Å². The number of sulfonamides is 1. The molecular weight excluding hydrogens is 380 g/mol. The fourth-order valence-corrected chi connectivity index (χ4v) is 3.14. The van der Waals surface area contributed by atoms with E-state index in [1.807, 2.05) is 39.0 Å². The Balaban J connectivity index is 1.97. The Bertz CT molecular complexity index is 986. The Kier molecular flexibility index (Phi) is 6.80. The summed E-state index contributed by atoms with van der Waals surface area (Å²) in [5.41, 5.74) is 3.37. The smallest absolute Gasteiger partial charge is 0.340 e. The van der Waals surface area contributed by atoms with E-state index in [-0.39, 0.29) is 17.3 Å². The Morgan fingerprint density at radius 2 is 1.75 bits per heavy atom. The molecule has 0 bridgehead atoms. The maximum absolute atomic E-state index is 12.3. The number of hydrogen-bond acceptors (Lipinski definition) is 5. The highest BCUT2D eigenvalue weighted by Crippen LogP contribution is 2.18. The minimum absolute atomic E-state index is 0.0305. The number of anilines is 1. The van der Waals surface area contributed by atoms with Crippen molar-refractivity contribution in [2.45, 2.75) is 26.8 Å². The Labute approximate surface area is 165 Å². The molecule has 0 saturated carbocycles. The lowest BCUT2D eigenvalue weighted by Gasteiger charge is -2.16. The topological polar surface area (TPSA) is 102 Å². The zero-order chi connectivity index (χ0) is 20.9. The molecule has 2 rings (SSSR count). The molecule has 28 heavy (non-hydrogen) atoms. The van der Waals surface area contributed by atoms with Gasteiger partial charge in [-0.15, -0.1) is 0 Å². The SMILES string of the molecule is Cc1ccc([C@@H](C)NC(=O)COC(=O)c2ccccc2NS(C)(=O)=O)cc1C. The van der Waals surface area contributed by atoms with Crippen LogP contribution in [0.15, 0.2) is 42.5 Å². The molecule has 0 radical (unpaired) electrons. The van der Waals surface area contributed by atoms with Crippen molar-refractivity contribution in [2.24, 2.45) is 0 Å². The van der Waals surface area contributed by atoms with Crippen LogP contribution in [0.1, 0.15) is 40.0 Å². The predicted molar refractivity (Wildman–Crippen MR) is 108 cm³/mol. The number of hydrogen-bond donors (Lipinski definition) is 2. The number of para-hydroxylation sites is 1. The summed E-state index contributed by atoms with van der Waals surface area (Å²) in [6.07, 6.45) is 0.983. The number of ether oxygens (including phenoxy) is 1. The zero-order valence-electron chi connectivity index (χ0n) is 16.3. The first-order valence-electron chi connectivity index (χ1n) is 8.67. The third-order valence-corrected chi connectivity index (χ3v) is 4.78. The molecule has 7 nitrogen and oxygen atoms in total. The second-order valence-electron chi connectivity index (χ2n) is 6.63. The summed E-state index contributed by atoms with van der Waals surface area (Å²) in [4.78, 5) is 24.4. The van der Waals surface area contributed by atoms with Crippen molar-refractivity contribution < 1.29 is 22.7 Å². The minimum Gasteiger partial charge on any atom is -0.452 e. The maximum atomic E-state index is 12.3. The number of carbonyl (C=O) groups excluding carboxylic acids is 2. The highest BCUT2D eigenvalue weighted by Gasteiger charge is 2.17. The number of benzene rings is 2. The molecule has 0 aliphatic carbocycles. The first-order chi connectivity index (χ1) is 13.1. The predicted octanol–water partition coefficient (Wildman–Crippen LogP) is 2.71. The molecule has 0 fully saturated rings. The van der Waals surface area contributed by atoms with Gasteiger partial charge in [0, 0.05) is 0 Å².